The molecule has 1 fully saturated rings. The van der Waals surface area contributed by atoms with Crippen molar-refractivity contribution in [2.24, 2.45) is 5.73 Å². The van der Waals surface area contributed by atoms with E-state index in [9.17, 15) is 10.1 Å². The van der Waals surface area contributed by atoms with Crippen LogP contribution in [0, 0.1) is 17.0 Å². The Morgan fingerprint density at radius 1 is 1.42 bits per heavy atom. The highest BCUT2D eigenvalue weighted by Gasteiger charge is 2.23. The Morgan fingerprint density at radius 3 is 2.89 bits per heavy atom. The minimum absolute atomic E-state index is 0.0235. The van der Waals surface area contributed by atoms with Crippen molar-refractivity contribution in [3.63, 3.8) is 0 Å². The molecule has 0 bridgehead atoms. The summed E-state index contributed by atoms with van der Waals surface area (Å²) in [6.07, 6.45) is 6.53. The quantitative estimate of drug-likeness (QED) is 0.514. The maximum atomic E-state index is 10.9. The molecular weight excluding hydrogens is 246 g/mol. The molecule has 2 atom stereocenters. The van der Waals surface area contributed by atoms with Crippen LogP contribution in [0.3, 0.4) is 0 Å². The van der Waals surface area contributed by atoms with E-state index in [0.717, 1.165) is 32.1 Å². The van der Waals surface area contributed by atoms with E-state index < -0.39 is 4.92 Å². The van der Waals surface area contributed by atoms with Crippen molar-refractivity contribution in [3.05, 3.63) is 27.9 Å². The molecule has 104 valence electrons. The summed E-state index contributed by atoms with van der Waals surface area (Å²) in [7, 11) is 0. The molecule has 6 nitrogen and oxygen atoms in total. The van der Waals surface area contributed by atoms with E-state index >= 15 is 0 Å². The van der Waals surface area contributed by atoms with Gasteiger partial charge in [-0.2, -0.15) is 0 Å². The van der Waals surface area contributed by atoms with Crippen molar-refractivity contribution >= 4 is 5.69 Å². The minimum Gasteiger partial charge on any atom is -0.473 e. The summed E-state index contributed by atoms with van der Waals surface area (Å²) in [5, 5.41) is 10.9. The normalized spacial score (nSPS) is 23.7. The van der Waals surface area contributed by atoms with Crippen molar-refractivity contribution in [1.29, 1.82) is 0 Å². The Morgan fingerprint density at radius 2 is 2.16 bits per heavy atom. The fourth-order valence-electron chi connectivity index (χ4n) is 2.36. The predicted molar refractivity (Wildman–Crippen MR) is 71.1 cm³/mol. The first kappa shape index (κ1) is 13.7. The van der Waals surface area contributed by atoms with Gasteiger partial charge in [-0.15, -0.1) is 0 Å². The largest absolute Gasteiger partial charge is 0.473 e. The van der Waals surface area contributed by atoms with E-state index in [2.05, 4.69) is 4.98 Å². The number of aromatic nitrogens is 1. The molecule has 0 aliphatic heterocycles. The second-order valence-electron chi connectivity index (χ2n) is 5.02. The van der Waals surface area contributed by atoms with Crippen LogP contribution in [0.1, 0.15) is 37.7 Å². The molecule has 0 saturated heterocycles. The lowest BCUT2D eigenvalue weighted by atomic mass is 10.1. The number of aryl methyl sites for hydroxylation is 1. The molecule has 0 aromatic carbocycles. The molecule has 1 aliphatic carbocycles. The van der Waals surface area contributed by atoms with Crippen LogP contribution in [0.25, 0.3) is 0 Å². The van der Waals surface area contributed by atoms with Gasteiger partial charge in [0.25, 0.3) is 5.69 Å². The van der Waals surface area contributed by atoms with Gasteiger partial charge in [-0.1, -0.05) is 12.8 Å². The highest BCUT2D eigenvalue weighted by molar-refractivity contribution is 5.40. The summed E-state index contributed by atoms with van der Waals surface area (Å²) in [6.45, 7) is 1.66. The number of nitrogens with two attached hydrogens (primary N) is 1. The monoisotopic (exact) mass is 265 g/mol. The fourth-order valence-corrected chi connectivity index (χ4v) is 2.36. The highest BCUT2D eigenvalue weighted by atomic mass is 16.6. The number of hydrogen-bond acceptors (Lipinski definition) is 5. The van der Waals surface area contributed by atoms with E-state index in [4.69, 9.17) is 10.5 Å². The molecule has 0 radical (unpaired) electrons. The first-order valence-corrected chi connectivity index (χ1v) is 6.61. The zero-order valence-corrected chi connectivity index (χ0v) is 11.0. The van der Waals surface area contributed by atoms with Gasteiger partial charge in [-0.25, -0.2) is 4.98 Å². The van der Waals surface area contributed by atoms with Gasteiger partial charge in [0.1, 0.15) is 6.10 Å². The highest BCUT2D eigenvalue weighted by Crippen LogP contribution is 2.25. The van der Waals surface area contributed by atoms with Crippen molar-refractivity contribution in [1.82, 2.24) is 4.98 Å². The lowest BCUT2D eigenvalue weighted by molar-refractivity contribution is -0.385. The van der Waals surface area contributed by atoms with Crippen molar-refractivity contribution in [3.8, 4) is 5.88 Å². The van der Waals surface area contributed by atoms with Crippen molar-refractivity contribution in [2.45, 2.75) is 51.2 Å². The van der Waals surface area contributed by atoms with Gasteiger partial charge in [0.15, 0.2) is 0 Å². The fraction of sp³-hybridized carbons (Fsp3) is 0.615. The average Bonchev–Trinajstić information content (AvgIpc) is 2.57. The molecule has 1 saturated carbocycles. The molecule has 1 aliphatic rings. The Hall–Kier alpha value is -1.69. The van der Waals surface area contributed by atoms with Gasteiger partial charge in [-0.05, 0) is 26.2 Å². The van der Waals surface area contributed by atoms with E-state index in [1.807, 2.05) is 0 Å². The predicted octanol–water partition coefficient (Wildman–Crippen LogP) is 2.34. The second-order valence-corrected chi connectivity index (χ2v) is 5.02. The topological polar surface area (TPSA) is 91.3 Å². The molecule has 0 spiro atoms. The van der Waals surface area contributed by atoms with Crippen LogP contribution in [0.2, 0.25) is 0 Å². The molecule has 1 heterocycles. The molecular formula is C13H19N3O3. The number of ether oxygens (including phenoxy) is 1. The number of nitro groups is 1. The molecule has 1 aromatic heterocycles. The van der Waals surface area contributed by atoms with Crippen LogP contribution >= 0.6 is 0 Å². The molecule has 0 amide bonds. The Bertz CT molecular complexity index is 464. The number of rotatable bonds is 3. The maximum Gasteiger partial charge on any atom is 0.279 e. The SMILES string of the molecule is Cc1cnc(OC2CCCCCC2N)cc1[N+](=O)[O-]. The molecule has 2 rings (SSSR count). The first-order valence-electron chi connectivity index (χ1n) is 6.61. The van der Waals surface area contributed by atoms with Gasteiger partial charge in [-0.3, -0.25) is 10.1 Å². The standard InChI is InChI=1S/C13H19N3O3/c1-9-8-15-13(7-11(9)16(17)18)19-12-6-4-2-3-5-10(12)14/h7-8,10,12H,2-6,14H2,1H3. The van der Waals surface area contributed by atoms with E-state index in [1.165, 1.54) is 12.3 Å². The molecule has 6 heteroatoms. The van der Waals surface area contributed by atoms with Gasteiger partial charge in [0.05, 0.1) is 11.0 Å². The van der Waals surface area contributed by atoms with Crippen LogP contribution in [-0.2, 0) is 0 Å². The van der Waals surface area contributed by atoms with Crippen molar-refractivity contribution < 1.29 is 9.66 Å². The summed E-state index contributed by atoms with van der Waals surface area (Å²) in [5.41, 5.74) is 6.63. The maximum absolute atomic E-state index is 10.9. The summed E-state index contributed by atoms with van der Waals surface area (Å²) in [5.74, 6) is 0.291. The van der Waals surface area contributed by atoms with E-state index in [-0.39, 0.29) is 17.8 Å². The lowest BCUT2D eigenvalue weighted by Gasteiger charge is -2.22. The Kier molecular flexibility index (Phi) is 4.31. The van der Waals surface area contributed by atoms with Gasteiger partial charge in [0.2, 0.25) is 5.88 Å². The van der Waals surface area contributed by atoms with Crippen LogP contribution < -0.4 is 10.5 Å². The van der Waals surface area contributed by atoms with Crippen LogP contribution in [-0.4, -0.2) is 22.1 Å². The van der Waals surface area contributed by atoms with E-state index in [0.29, 0.717) is 11.4 Å². The van der Waals surface area contributed by atoms with Gasteiger partial charge < -0.3 is 10.5 Å². The molecule has 2 N–H and O–H groups in total. The zero-order valence-electron chi connectivity index (χ0n) is 11.0. The van der Waals surface area contributed by atoms with Crippen molar-refractivity contribution in [2.75, 3.05) is 0 Å². The molecule has 1 aromatic rings. The third-order valence-corrected chi connectivity index (χ3v) is 3.52. The number of hydrogen-bond donors (Lipinski definition) is 1. The van der Waals surface area contributed by atoms with E-state index in [1.54, 1.807) is 6.92 Å². The van der Waals surface area contributed by atoms with Crippen LogP contribution in [0.4, 0.5) is 5.69 Å². The van der Waals surface area contributed by atoms with Gasteiger partial charge >= 0.3 is 0 Å². The van der Waals surface area contributed by atoms with Crippen LogP contribution in [0.15, 0.2) is 12.3 Å². The number of pyridine rings is 1. The Labute approximate surface area is 112 Å². The smallest absolute Gasteiger partial charge is 0.279 e. The van der Waals surface area contributed by atoms with Crippen LogP contribution in [0.5, 0.6) is 5.88 Å². The van der Waals surface area contributed by atoms with Gasteiger partial charge in [0, 0.05) is 17.8 Å². The second kappa shape index (κ2) is 5.97. The minimum atomic E-state index is -0.420. The third-order valence-electron chi connectivity index (χ3n) is 3.52. The molecule has 2 unspecified atom stereocenters. The summed E-state index contributed by atoms with van der Waals surface area (Å²) in [6, 6.07) is 1.36. The average molecular weight is 265 g/mol. The molecule has 19 heavy (non-hydrogen) atoms. The Balaban J connectivity index is 2.13. The zero-order chi connectivity index (χ0) is 13.8. The first-order chi connectivity index (χ1) is 9.08. The summed E-state index contributed by atoms with van der Waals surface area (Å²) in [4.78, 5) is 14.6. The third kappa shape index (κ3) is 3.41. The summed E-state index contributed by atoms with van der Waals surface area (Å²) < 4.78 is 5.75. The number of nitrogens with zero attached hydrogens (tertiary/aromatic N) is 2. The summed E-state index contributed by atoms with van der Waals surface area (Å²) >= 11 is 0. The lowest BCUT2D eigenvalue weighted by Crippen LogP contribution is -2.38.